The topological polar surface area (TPSA) is 9.23 Å². The number of halogens is 5. The SMILES string of the molecule is FCC(F)(F)OCCC(F)F. The molecule has 68 valence electrons. The van der Waals surface area contributed by atoms with Crippen molar-refractivity contribution in [2.45, 2.75) is 19.0 Å². The first kappa shape index (κ1) is 10.6. The normalized spacial score (nSPS) is 12.5. The number of hydrogen-bond acceptors (Lipinski definition) is 1. The minimum atomic E-state index is -3.92. The highest BCUT2D eigenvalue weighted by atomic mass is 19.3. The molecular weight excluding hydrogens is 171 g/mol. The van der Waals surface area contributed by atoms with Crippen LogP contribution in [0, 0.1) is 0 Å². The van der Waals surface area contributed by atoms with Crippen LogP contribution >= 0.6 is 0 Å². The van der Waals surface area contributed by atoms with Crippen LogP contribution in [0.15, 0.2) is 0 Å². The van der Waals surface area contributed by atoms with Gasteiger partial charge in [-0.25, -0.2) is 13.2 Å². The van der Waals surface area contributed by atoms with Gasteiger partial charge < -0.3 is 4.74 Å². The summed E-state index contributed by atoms with van der Waals surface area (Å²) in [6.45, 7) is -2.83. The molecule has 0 rings (SSSR count). The van der Waals surface area contributed by atoms with E-state index in [0.29, 0.717) is 0 Å². The molecule has 0 bridgehead atoms. The molecule has 0 aromatic heterocycles. The Labute approximate surface area is 60.1 Å². The molecule has 0 saturated heterocycles. The van der Waals surface area contributed by atoms with Gasteiger partial charge in [0.05, 0.1) is 6.61 Å². The minimum Gasteiger partial charge on any atom is -0.318 e. The lowest BCUT2D eigenvalue weighted by Crippen LogP contribution is -2.24. The molecule has 0 aliphatic carbocycles. The van der Waals surface area contributed by atoms with E-state index >= 15 is 0 Å². The minimum absolute atomic E-state index is 0.810. The Hall–Kier alpha value is -0.390. The zero-order chi connectivity index (χ0) is 8.91. The first-order valence-electron chi connectivity index (χ1n) is 2.84. The highest BCUT2D eigenvalue weighted by Gasteiger charge is 2.29. The van der Waals surface area contributed by atoms with Crippen LogP contribution < -0.4 is 0 Å². The summed E-state index contributed by atoms with van der Waals surface area (Å²) in [7, 11) is 0. The lowest BCUT2D eigenvalue weighted by atomic mass is 10.5. The predicted molar refractivity (Wildman–Crippen MR) is 27.5 cm³/mol. The first-order valence-corrected chi connectivity index (χ1v) is 2.84. The lowest BCUT2D eigenvalue weighted by Gasteiger charge is -2.11. The van der Waals surface area contributed by atoms with Crippen molar-refractivity contribution in [3.05, 3.63) is 0 Å². The van der Waals surface area contributed by atoms with Crippen molar-refractivity contribution in [1.82, 2.24) is 0 Å². The number of rotatable bonds is 5. The van der Waals surface area contributed by atoms with Crippen molar-refractivity contribution in [1.29, 1.82) is 0 Å². The molecule has 0 aliphatic heterocycles. The Balaban J connectivity index is 3.38. The molecule has 0 N–H and O–H groups in total. The largest absolute Gasteiger partial charge is 0.384 e. The van der Waals surface area contributed by atoms with E-state index in [1.165, 1.54) is 0 Å². The molecule has 0 spiro atoms. The smallest absolute Gasteiger partial charge is 0.318 e. The van der Waals surface area contributed by atoms with E-state index in [-0.39, 0.29) is 0 Å². The van der Waals surface area contributed by atoms with E-state index in [2.05, 4.69) is 4.74 Å². The zero-order valence-electron chi connectivity index (χ0n) is 5.50. The van der Waals surface area contributed by atoms with Crippen LogP contribution in [0.4, 0.5) is 22.0 Å². The number of alkyl halides is 5. The van der Waals surface area contributed by atoms with Crippen LogP contribution in [-0.4, -0.2) is 25.8 Å². The third kappa shape index (κ3) is 6.03. The summed E-state index contributed by atoms with van der Waals surface area (Å²) >= 11 is 0. The second kappa shape index (κ2) is 4.48. The van der Waals surface area contributed by atoms with E-state index in [9.17, 15) is 22.0 Å². The molecule has 0 fully saturated rings. The molecule has 6 heteroatoms. The van der Waals surface area contributed by atoms with Crippen molar-refractivity contribution in [2.24, 2.45) is 0 Å². The quantitative estimate of drug-likeness (QED) is 0.586. The van der Waals surface area contributed by atoms with E-state index < -0.39 is 32.2 Å². The average molecular weight is 178 g/mol. The summed E-state index contributed by atoms with van der Waals surface area (Å²) in [6.07, 6.45) is -7.43. The maximum atomic E-state index is 11.8. The highest BCUT2D eigenvalue weighted by molar-refractivity contribution is 4.49. The fourth-order valence-electron chi connectivity index (χ4n) is 0.336. The van der Waals surface area contributed by atoms with Crippen molar-refractivity contribution in [3.8, 4) is 0 Å². The van der Waals surface area contributed by atoms with Gasteiger partial charge in [-0.3, -0.25) is 0 Å². The van der Waals surface area contributed by atoms with Gasteiger partial charge in [0, 0.05) is 6.42 Å². The summed E-state index contributed by atoms with van der Waals surface area (Å²) in [6, 6.07) is 0. The maximum absolute atomic E-state index is 11.8. The Bertz CT molecular complexity index is 105. The molecule has 0 aromatic rings. The summed E-state index contributed by atoms with van der Waals surface area (Å²) in [5.41, 5.74) is 0. The van der Waals surface area contributed by atoms with Crippen LogP contribution in [0.3, 0.4) is 0 Å². The van der Waals surface area contributed by atoms with E-state index in [1.807, 2.05) is 0 Å². The lowest BCUT2D eigenvalue weighted by molar-refractivity contribution is -0.248. The molecule has 0 heterocycles. The van der Waals surface area contributed by atoms with Crippen LogP contribution in [-0.2, 0) is 4.74 Å². The molecule has 11 heavy (non-hydrogen) atoms. The fraction of sp³-hybridized carbons (Fsp3) is 1.00. The molecule has 1 nitrogen and oxygen atoms in total. The van der Waals surface area contributed by atoms with Crippen LogP contribution in [0.2, 0.25) is 0 Å². The second-order valence-corrected chi connectivity index (χ2v) is 1.80. The van der Waals surface area contributed by atoms with Crippen LogP contribution in [0.5, 0.6) is 0 Å². The summed E-state index contributed by atoms with van der Waals surface area (Å²) in [5, 5.41) is 0. The van der Waals surface area contributed by atoms with Crippen LogP contribution in [0.1, 0.15) is 6.42 Å². The van der Waals surface area contributed by atoms with Crippen LogP contribution in [0.25, 0.3) is 0 Å². The van der Waals surface area contributed by atoms with Gasteiger partial charge in [0.2, 0.25) is 6.43 Å². The Morgan fingerprint density at radius 1 is 1.27 bits per heavy atom. The Kier molecular flexibility index (Phi) is 4.32. The van der Waals surface area contributed by atoms with Crippen molar-refractivity contribution in [3.63, 3.8) is 0 Å². The number of hydrogen-bond donors (Lipinski definition) is 0. The summed E-state index contributed by atoms with van der Waals surface area (Å²) in [4.78, 5) is 0. The van der Waals surface area contributed by atoms with Crippen molar-refractivity contribution >= 4 is 0 Å². The van der Waals surface area contributed by atoms with Crippen molar-refractivity contribution < 1.29 is 26.7 Å². The first-order chi connectivity index (χ1) is 4.98. The van der Waals surface area contributed by atoms with Gasteiger partial charge in [0.1, 0.15) is 0 Å². The molecular formula is C5H7F5O. The van der Waals surface area contributed by atoms with Gasteiger partial charge in [-0.2, -0.15) is 8.78 Å². The molecule has 0 aliphatic rings. The van der Waals surface area contributed by atoms with Gasteiger partial charge in [0.15, 0.2) is 6.67 Å². The summed E-state index contributed by atoms with van der Waals surface area (Å²) in [5.74, 6) is 0. The molecule has 0 atom stereocenters. The number of ether oxygens (including phenoxy) is 1. The van der Waals surface area contributed by atoms with Gasteiger partial charge in [0.25, 0.3) is 0 Å². The molecule has 0 radical (unpaired) electrons. The monoisotopic (exact) mass is 178 g/mol. The van der Waals surface area contributed by atoms with Crippen molar-refractivity contribution in [2.75, 3.05) is 13.3 Å². The van der Waals surface area contributed by atoms with Gasteiger partial charge >= 0.3 is 6.11 Å². The zero-order valence-corrected chi connectivity index (χ0v) is 5.50. The molecule has 0 saturated carbocycles. The van der Waals surface area contributed by atoms with Gasteiger partial charge in [-0.15, -0.1) is 0 Å². The third-order valence-electron chi connectivity index (χ3n) is 0.805. The van der Waals surface area contributed by atoms with E-state index in [1.54, 1.807) is 0 Å². The highest BCUT2D eigenvalue weighted by Crippen LogP contribution is 2.16. The van der Waals surface area contributed by atoms with Gasteiger partial charge in [-0.05, 0) is 0 Å². The second-order valence-electron chi connectivity index (χ2n) is 1.80. The predicted octanol–water partition coefficient (Wildman–Crippen LogP) is 2.22. The Morgan fingerprint density at radius 3 is 2.18 bits per heavy atom. The molecule has 0 amide bonds. The Morgan fingerprint density at radius 2 is 1.82 bits per heavy atom. The van der Waals surface area contributed by atoms with E-state index in [4.69, 9.17) is 0 Å². The molecule has 0 aromatic carbocycles. The van der Waals surface area contributed by atoms with Gasteiger partial charge in [-0.1, -0.05) is 0 Å². The fourth-order valence-corrected chi connectivity index (χ4v) is 0.336. The standard InChI is InChI=1S/C5H7F5O/c6-3-5(9,10)11-2-1-4(7)8/h4H,1-3H2. The maximum Gasteiger partial charge on any atom is 0.384 e. The third-order valence-corrected chi connectivity index (χ3v) is 0.805. The summed E-state index contributed by atoms with van der Waals surface area (Å²) < 4.78 is 60.8. The van der Waals surface area contributed by atoms with E-state index in [0.717, 1.165) is 0 Å². The average Bonchev–Trinajstić information content (AvgIpc) is 1.87. The molecule has 0 unspecified atom stereocenters.